The van der Waals surface area contributed by atoms with Crippen molar-refractivity contribution in [1.82, 2.24) is 10.6 Å². The second-order valence-electron chi connectivity index (χ2n) is 5.28. The molecule has 0 fully saturated rings. The average Bonchev–Trinajstić information content (AvgIpc) is 2.85. The molecule has 1 heterocycles. The summed E-state index contributed by atoms with van der Waals surface area (Å²) in [7, 11) is 1.66. The summed E-state index contributed by atoms with van der Waals surface area (Å²) in [6.45, 7) is 3.51. The van der Waals surface area contributed by atoms with Crippen LogP contribution in [0.2, 0.25) is 0 Å². The molecule has 0 aliphatic heterocycles. The maximum absolute atomic E-state index is 11.9. The van der Waals surface area contributed by atoms with E-state index < -0.39 is 12.8 Å². The van der Waals surface area contributed by atoms with Gasteiger partial charge in [-0.1, -0.05) is 0 Å². The first-order chi connectivity index (χ1) is 10.8. The number of hydrogen-bond donors (Lipinski definition) is 2. The van der Waals surface area contributed by atoms with Crippen LogP contribution in [0.25, 0.3) is 0 Å². The van der Waals surface area contributed by atoms with Gasteiger partial charge in [0.1, 0.15) is 6.61 Å². The summed E-state index contributed by atoms with van der Waals surface area (Å²) in [4.78, 5) is 6.70. The Morgan fingerprint density at radius 3 is 2.70 bits per heavy atom. The van der Waals surface area contributed by atoms with Gasteiger partial charge in [0.2, 0.25) is 0 Å². The van der Waals surface area contributed by atoms with Crippen LogP contribution in [0.1, 0.15) is 23.1 Å². The minimum Gasteiger partial charge on any atom is -0.372 e. The Morgan fingerprint density at radius 2 is 2.13 bits per heavy atom. The van der Waals surface area contributed by atoms with Gasteiger partial charge < -0.3 is 15.4 Å². The molecule has 8 heteroatoms. The molecule has 132 valence electrons. The van der Waals surface area contributed by atoms with Crippen molar-refractivity contribution in [2.75, 3.05) is 26.8 Å². The van der Waals surface area contributed by atoms with Gasteiger partial charge in [0.05, 0.1) is 0 Å². The van der Waals surface area contributed by atoms with Crippen LogP contribution >= 0.6 is 11.3 Å². The summed E-state index contributed by atoms with van der Waals surface area (Å²) in [5.74, 6) is 0.640. The SMILES string of the molecule is CN=C(NCCCOCC(F)(F)F)NC(C)Cc1ccc(C)s1. The third-order valence-electron chi connectivity index (χ3n) is 2.93. The number of guanidine groups is 1. The van der Waals surface area contributed by atoms with Crippen molar-refractivity contribution in [2.45, 2.75) is 38.9 Å². The molecular formula is C15H24F3N3OS. The van der Waals surface area contributed by atoms with Crippen LogP contribution in [-0.2, 0) is 11.2 Å². The van der Waals surface area contributed by atoms with Crippen LogP contribution in [0.4, 0.5) is 13.2 Å². The number of halogens is 3. The number of hydrogen-bond acceptors (Lipinski definition) is 3. The third-order valence-corrected chi connectivity index (χ3v) is 3.96. The summed E-state index contributed by atoms with van der Waals surface area (Å²) < 4.78 is 40.3. The third kappa shape index (κ3) is 9.45. The first kappa shape index (κ1) is 19.8. The zero-order valence-corrected chi connectivity index (χ0v) is 14.5. The predicted octanol–water partition coefficient (Wildman–Crippen LogP) is 3.12. The fourth-order valence-electron chi connectivity index (χ4n) is 1.94. The van der Waals surface area contributed by atoms with Gasteiger partial charge >= 0.3 is 6.18 Å². The number of ether oxygens (including phenoxy) is 1. The van der Waals surface area contributed by atoms with E-state index in [2.05, 4.69) is 46.3 Å². The summed E-state index contributed by atoms with van der Waals surface area (Å²) in [6, 6.07) is 4.42. The van der Waals surface area contributed by atoms with Crippen molar-refractivity contribution in [3.63, 3.8) is 0 Å². The predicted molar refractivity (Wildman–Crippen MR) is 88.2 cm³/mol. The first-order valence-electron chi connectivity index (χ1n) is 7.47. The molecule has 0 aliphatic carbocycles. The lowest BCUT2D eigenvalue weighted by molar-refractivity contribution is -0.173. The molecule has 0 aromatic carbocycles. The van der Waals surface area contributed by atoms with Crippen molar-refractivity contribution in [3.8, 4) is 0 Å². The van der Waals surface area contributed by atoms with E-state index in [4.69, 9.17) is 0 Å². The molecule has 0 amide bonds. The van der Waals surface area contributed by atoms with Crippen molar-refractivity contribution in [2.24, 2.45) is 4.99 Å². The van der Waals surface area contributed by atoms with Crippen LogP contribution in [0.3, 0.4) is 0 Å². The van der Waals surface area contributed by atoms with Crippen molar-refractivity contribution in [1.29, 1.82) is 0 Å². The Hall–Kier alpha value is -1.28. The zero-order chi connectivity index (χ0) is 17.3. The molecule has 0 spiro atoms. The molecule has 0 saturated carbocycles. The van der Waals surface area contributed by atoms with E-state index in [-0.39, 0.29) is 12.6 Å². The van der Waals surface area contributed by atoms with Crippen LogP contribution in [0.15, 0.2) is 17.1 Å². The minimum atomic E-state index is -4.26. The molecule has 0 saturated heterocycles. The Balaban J connectivity index is 2.19. The van der Waals surface area contributed by atoms with E-state index >= 15 is 0 Å². The number of alkyl halides is 3. The first-order valence-corrected chi connectivity index (χ1v) is 8.29. The Bertz CT molecular complexity index is 489. The van der Waals surface area contributed by atoms with Crippen molar-refractivity contribution < 1.29 is 17.9 Å². The Morgan fingerprint density at radius 1 is 1.39 bits per heavy atom. The highest BCUT2D eigenvalue weighted by Gasteiger charge is 2.27. The highest BCUT2D eigenvalue weighted by molar-refractivity contribution is 7.11. The maximum atomic E-state index is 11.9. The summed E-state index contributed by atoms with van der Waals surface area (Å²) in [5.41, 5.74) is 0. The molecule has 4 nitrogen and oxygen atoms in total. The van der Waals surface area contributed by atoms with Crippen LogP contribution in [0.5, 0.6) is 0 Å². The van der Waals surface area contributed by atoms with Crippen LogP contribution in [-0.4, -0.2) is 45.0 Å². The molecule has 1 aromatic rings. The number of nitrogens with one attached hydrogen (secondary N) is 2. The van der Waals surface area contributed by atoms with Crippen LogP contribution in [0, 0.1) is 6.92 Å². The standard InChI is InChI=1S/C15H24F3N3OS/c1-11(9-13-6-5-12(2)23-13)21-14(19-3)20-7-4-8-22-10-15(16,17)18/h5-6,11H,4,7-10H2,1-3H3,(H2,19,20,21). The van der Waals surface area contributed by atoms with Gasteiger partial charge in [-0.2, -0.15) is 13.2 Å². The van der Waals surface area contributed by atoms with Gasteiger partial charge in [0.25, 0.3) is 0 Å². The van der Waals surface area contributed by atoms with Gasteiger partial charge in [0, 0.05) is 42.4 Å². The van der Waals surface area contributed by atoms with E-state index in [1.807, 2.05) is 0 Å². The lowest BCUT2D eigenvalue weighted by Gasteiger charge is -2.17. The normalized spacial score (nSPS) is 13.9. The molecule has 0 bridgehead atoms. The zero-order valence-electron chi connectivity index (χ0n) is 13.7. The molecular weight excluding hydrogens is 327 g/mol. The van der Waals surface area contributed by atoms with E-state index in [0.29, 0.717) is 18.9 Å². The molecule has 1 atom stereocenters. The minimum absolute atomic E-state index is 0.0630. The smallest absolute Gasteiger partial charge is 0.372 e. The number of nitrogens with zero attached hydrogens (tertiary/aromatic N) is 1. The average molecular weight is 351 g/mol. The number of aliphatic imine (C=N–C) groups is 1. The van der Waals surface area contributed by atoms with Crippen LogP contribution < -0.4 is 10.6 Å². The van der Waals surface area contributed by atoms with Gasteiger partial charge in [-0.05, 0) is 32.4 Å². The second-order valence-corrected chi connectivity index (χ2v) is 6.65. The molecule has 1 unspecified atom stereocenters. The lowest BCUT2D eigenvalue weighted by atomic mass is 10.2. The maximum Gasteiger partial charge on any atom is 0.411 e. The summed E-state index contributed by atoms with van der Waals surface area (Å²) in [6.07, 6.45) is -2.89. The number of thiophene rings is 1. The molecule has 0 aliphatic rings. The van der Waals surface area contributed by atoms with Crippen molar-refractivity contribution >= 4 is 17.3 Å². The number of aryl methyl sites for hydroxylation is 1. The molecule has 0 radical (unpaired) electrons. The quantitative estimate of drug-likeness (QED) is 0.430. The van der Waals surface area contributed by atoms with Gasteiger partial charge in [-0.3, -0.25) is 4.99 Å². The largest absolute Gasteiger partial charge is 0.411 e. The van der Waals surface area contributed by atoms with Gasteiger partial charge in [0.15, 0.2) is 5.96 Å². The fraction of sp³-hybridized carbons (Fsp3) is 0.667. The van der Waals surface area contributed by atoms with Gasteiger partial charge in [-0.25, -0.2) is 0 Å². The van der Waals surface area contributed by atoms with E-state index in [1.54, 1.807) is 18.4 Å². The second kappa shape index (κ2) is 9.77. The molecule has 2 N–H and O–H groups in total. The van der Waals surface area contributed by atoms with Crippen molar-refractivity contribution in [3.05, 3.63) is 21.9 Å². The van der Waals surface area contributed by atoms with E-state index in [1.165, 1.54) is 9.75 Å². The highest BCUT2D eigenvalue weighted by atomic mass is 32.1. The summed E-state index contributed by atoms with van der Waals surface area (Å²) >= 11 is 1.77. The fourth-order valence-corrected chi connectivity index (χ4v) is 2.96. The molecule has 1 aromatic heterocycles. The highest BCUT2D eigenvalue weighted by Crippen LogP contribution is 2.16. The van der Waals surface area contributed by atoms with E-state index in [9.17, 15) is 13.2 Å². The molecule has 23 heavy (non-hydrogen) atoms. The Kier molecular flexibility index (Phi) is 8.40. The monoisotopic (exact) mass is 351 g/mol. The Labute approximate surface area is 139 Å². The molecule has 1 rings (SSSR count). The van der Waals surface area contributed by atoms with Gasteiger partial charge in [-0.15, -0.1) is 11.3 Å². The topological polar surface area (TPSA) is 45.7 Å². The van der Waals surface area contributed by atoms with E-state index in [0.717, 1.165) is 6.42 Å². The summed E-state index contributed by atoms with van der Waals surface area (Å²) in [5, 5.41) is 6.33. The number of rotatable bonds is 8. The lowest BCUT2D eigenvalue weighted by Crippen LogP contribution is -2.43.